The van der Waals surface area contributed by atoms with Crippen LogP contribution in [0.4, 0.5) is 0 Å². The molecule has 0 fully saturated rings. The molecule has 0 saturated heterocycles. The van der Waals surface area contributed by atoms with E-state index in [4.69, 9.17) is 16.3 Å². The molecule has 0 saturated carbocycles. The first-order valence-corrected chi connectivity index (χ1v) is 8.83. The molecule has 0 spiro atoms. The zero-order valence-electron chi connectivity index (χ0n) is 14.7. The number of fused-ring (bicyclic) bond motifs is 1. The van der Waals surface area contributed by atoms with E-state index in [1.165, 1.54) is 0 Å². The van der Waals surface area contributed by atoms with Gasteiger partial charge in [0.1, 0.15) is 11.6 Å². The average Bonchev–Trinajstić information content (AvgIpc) is 2.70. The minimum atomic E-state index is -0.513. The Labute approximate surface area is 164 Å². The van der Waals surface area contributed by atoms with Crippen molar-refractivity contribution in [1.29, 1.82) is 0 Å². The maximum absolute atomic E-state index is 12.0. The summed E-state index contributed by atoms with van der Waals surface area (Å²) in [5.74, 6) is -0.0513. The fourth-order valence-electron chi connectivity index (χ4n) is 2.40. The van der Waals surface area contributed by atoms with Crippen molar-refractivity contribution in [1.82, 2.24) is 20.8 Å². The molecular formula is C19H17ClN4O4. The quantitative estimate of drug-likeness (QED) is 0.545. The molecule has 0 aliphatic rings. The van der Waals surface area contributed by atoms with E-state index in [0.717, 1.165) is 0 Å². The van der Waals surface area contributed by atoms with Gasteiger partial charge in [0.05, 0.1) is 10.9 Å². The van der Waals surface area contributed by atoms with Gasteiger partial charge in [-0.25, -0.2) is 4.98 Å². The van der Waals surface area contributed by atoms with Crippen LogP contribution in [0.5, 0.6) is 5.75 Å². The lowest BCUT2D eigenvalue weighted by molar-refractivity contribution is -0.130. The number of rotatable bonds is 6. The van der Waals surface area contributed by atoms with Crippen molar-refractivity contribution in [2.24, 2.45) is 0 Å². The number of aryl methyl sites for hydroxylation is 1. The number of carbonyl (C=O) groups excluding carboxylic acids is 2. The number of H-pyrrole nitrogens is 1. The van der Waals surface area contributed by atoms with Crippen molar-refractivity contribution >= 4 is 34.3 Å². The lowest BCUT2D eigenvalue weighted by atomic mass is 10.2. The van der Waals surface area contributed by atoms with Gasteiger partial charge in [-0.2, -0.15) is 0 Å². The number of para-hydroxylation sites is 1. The van der Waals surface area contributed by atoms with Gasteiger partial charge in [0.15, 0.2) is 6.61 Å². The van der Waals surface area contributed by atoms with E-state index in [1.807, 2.05) is 0 Å². The molecule has 2 amide bonds. The van der Waals surface area contributed by atoms with Crippen LogP contribution >= 0.6 is 11.6 Å². The minimum absolute atomic E-state index is 0.0413. The van der Waals surface area contributed by atoms with Crippen LogP contribution in [-0.4, -0.2) is 28.4 Å². The molecular weight excluding hydrogens is 384 g/mol. The Morgan fingerprint density at radius 1 is 1.04 bits per heavy atom. The normalized spacial score (nSPS) is 10.5. The lowest BCUT2D eigenvalue weighted by Gasteiger charge is -2.09. The molecule has 3 rings (SSSR count). The van der Waals surface area contributed by atoms with Gasteiger partial charge < -0.3 is 9.72 Å². The van der Waals surface area contributed by atoms with Gasteiger partial charge in [-0.1, -0.05) is 23.7 Å². The first kappa shape index (κ1) is 19.4. The number of benzene rings is 2. The third-order valence-corrected chi connectivity index (χ3v) is 4.03. The van der Waals surface area contributed by atoms with Crippen LogP contribution in [0.3, 0.4) is 0 Å². The van der Waals surface area contributed by atoms with Crippen molar-refractivity contribution in [3.8, 4) is 5.75 Å². The molecule has 8 nitrogen and oxygen atoms in total. The molecule has 2 aromatic carbocycles. The summed E-state index contributed by atoms with van der Waals surface area (Å²) in [6, 6.07) is 13.5. The van der Waals surface area contributed by atoms with Crippen LogP contribution in [0, 0.1) is 0 Å². The van der Waals surface area contributed by atoms with E-state index in [9.17, 15) is 14.4 Å². The Kier molecular flexibility index (Phi) is 6.23. The van der Waals surface area contributed by atoms with Gasteiger partial charge in [-0.3, -0.25) is 25.2 Å². The monoisotopic (exact) mass is 400 g/mol. The second-order valence-electron chi connectivity index (χ2n) is 5.87. The highest BCUT2D eigenvalue weighted by atomic mass is 35.5. The number of amides is 2. The van der Waals surface area contributed by atoms with E-state index in [1.54, 1.807) is 48.5 Å². The number of carbonyl (C=O) groups is 2. The summed E-state index contributed by atoms with van der Waals surface area (Å²) in [5, 5.41) is 1.05. The Bertz CT molecular complexity index is 1050. The number of aromatic amines is 1. The Balaban J connectivity index is 1.43. The van der Waals surface area contributed by atoms with Gasteiger partial charge >= 0.3 is 0 Å². The summed E-state index contributed by atoms with van der Waals surface area (Å²) in [6.07, 6.45) is 0.267. The molecule has 3 N–H and O–H groups in total. The van der Waals surface area contributed by atoms with Gasteiger partial charge in [-0.05, 0) is 36.4 Å². The number of hydrogen-bond acceptors (Lipinski definition) is 5. The van der Waals surface area contributed by atoms with Gasteiger partial charge in [0.25, 0.3) is 11.5 Å². The molecule has 0 unspecified atom stereocenters. The van der Waals surface area contributed by atoms with E-state index < -0.39 is 11.8 Å². The highest BCUT2D eigenvalue weighted by molar-refractivity contribution is 6.30. The SMILES string of the molecule is O=C(CCc1nc2ccccc2c(=O)[nH]1)NNC(=O)COc1ccc(Cl)cc1. The maximum Gasteiger partial charge on any atom is 0.276 e. The smallest absolute Gasteiger partial charge is 0.276 e. The Morgan fingerprint density at radius 3 is 2.54 bits per heavy atom. The summed E-state index contributed by atoms with van der Waals surface area (Å²) in [4.78, 5) is 42.6. The summed E-state index contributed by atoms with van der Waals surface area (Å²) >= 11 is 5.76. The topological polar surface area (TPSA) is 113 Å². The molecule has 3 aromatic rings. The number of hydrogen-bond donors (Lipinski definition) is 3. The molecule has 0 aliphatic carbocycles. The van der Waals surface area contributed by atoms with Crippen LogP contribution in [0.1, 0.15) is 12.2 Å². The second-order valence-corrected chi connectivity index (χ2v) is 6.31. The highest BCUT2D eigenvalue weighted by Gasteiger charge is 2.08. The van der Waals surface area contributed by atoms with Crippen LogP contribution in [-0.2, 0) is 16.0 Å². The molecule has 0 bridgehead atoms. The molecule has 1 aromatic heterocycles. The number of nitrogens with zero attached hydrogens (tertiary/aromatic N) is 1. The zero-order chi connectivity index (χ0) is 19.9. The predicted molar refractivity (Wildman–Crippen MR) is 104 cm³/mol. The van der Waals surface area contributed by atoms with Crippen molar-refractivity contribution in [3.63, 3.8) is 0 Å². The average molecular weight is 401 g/mol. The minimum Gasteiger partial charge on any atom is -0.484 e. The molecule has 144 valence electrons. The highest BCUT2D eigenvalue weighted by Crippen LogP contribution is 2.15. The molecule has 28 heavy (non-hydrogen) atoms. The van der Waals surface area contributed by atoms with Crippen molar-refractivity contribution in [3.05, 3.63) is 69.7 Å². The third-order valence-electron chi connectivity index (χ3n) is 3.78. The zero-order valence-corrected chi connectivity index (χ0v) is 15.5. The van der Waals surface area contributed by atoms with Crippen molar-refractivity contribution < 1.29 is 14.3 Å². The predicted octanol–water partition coefficient (Wildman–Crippen LogP) is 1.74. The van der Waals surface area contributed by atoms with Crippen LogP contribution in [0.15, 0.2) is 53.3 Å². The molecule has 0 radical (unpaired) electrons. The lowest BCUT2D eigenvalue weighted by Crippen LogP contribution is -2.44. The first-order chi connectivity index (χ1) is 13.5. The van der Waals surface area contributed by atoms with Crippen LogP contribution < -0.4 is 21.1 Å². The van der Waals surface area contributed by atoms with Gasteiger partial charge in [0.2, 0.25) is 5.91 Å². The number of hydrazine groups is 1. The summed E-state index contributed by atoms with van der Waals surface area (Å²) in [5.41, 5.74) is 4.86. The van der Waals surface area contributed by atoms with Gasteiger partial charge in [0, 0.05) is 17.9 Å². The van der Waals surface area contributed by atoms with E-state index >= 15 is 0 Å². The van der Waals surface area contributed by atoms with Gasteiger partial charge in [-0.15, -0.1) is 0 Å². The summed E-state index contributed by atoms with van der Waals surface area (Å²) < 4.78 is 5.27. The van der Waals surface area contributed by atoms with E-state index in [-0.39, 0.29) is 25.0 Å². The van der Waals surface area contributed by atoms with E-state index in [2.05, 4.69) is 20.8 Å². The number of nitrogens with one attached hydrogen (secondary N) is 3. The standard InChI is InChI=1S/C19H17ClN4O4/c20-12-5-7-13(8-6-12)28-11-18(26)24-23-17(25)10-9-16-21-15-4-2-1-3-14(15)19(27)22-16/h1-8H,9-11H2,(H,23,25)(H,24,26)(H,21,22,27). The number of ether oxygens (including phenoxy) is 1. The van der Waals surface area contributed by atoms with Crippen molar-refractivity contribution in [2.45, 2.75) is 12.8 Å². The molecule has 1 heterocycles. The maximum atomic E-state index is 12.0. The summed E-state index contributed by atoms with van der Waals surface area (Å²) in [6.45, 7) is -0.262. The molecule has 0 aliphatic heterocycles. The Hall–Kier alpha value is -3.39. The number of halogens is 1. The van der Waals surface area contributed by atoms with Crippen LogP contribution in [0.2, 0.25) is 5.02 Å². The van der Waals surface area contributed by atoms with Crippen LogP contribution in [0.25, 0.3) is 10.9 Å². The Morgan fingerprint density at radius 2 is 1.75 bits per heavy atom. The van der Waals surface area contributed by atoms with Crippen molar-refractivity contribution in [2.75, 3.05) is 6.61 Å². The fraction of sp³-hybridized carbons (Fsp3) is 0.158. The summed E-state index contributed by atoms with van der Waals surface area (Å²) in [7, 11) is 0. The molecule has 9 heteroatoms. The largest absolute Gasteiger partial charge is 0.484 e. The third kappa shape index (κ3) is 5.31. The molecule has 0 atom stereocenters. The van der Waals surface area contributed by atoms with E-state index in [0.29, 0.717) is 27.5 Å². The second kappa shape index (κ2) is 9.01. The first-order valence-electron chi connectivity index (χ1n) is 8.45. The number of aromatic nitrogens is 2. The fourth-order valence-corrected chi connectivity index (χ4v) is 2.53.